The van der Waals surface area contributed by atoms with E-state index in [-0.39, 0.29) is 12.4 Å². The summed E-state index contributed by atoms with van der Waals surface area (Å²) in [6, 6.07) is 11.6. The second-order valence-corrected chi connectivity index (χ2v) is 14.2. The number of benzene rings is 2. The fraction of sp³-hybridized carbons (Fsp3) is 0.333. The van der Waals surface area contributed by atoms with Crippen LogP contribution in [0.2, 0.25) is 0 Å². The lowest BCUT2D eigenvalue weighted by Gasteiger charge is -2.35. The summed E-state index contributed by atoms with van der Waals surface area (Å²) >= 11 is 0. The Morgan fingerprint density at radius 1 is 0.833 bits per heavy atom. The van der Waals surface area contributed by atoms with Gasteiger partial charge in [0.2, 0.25) is 15.9 Å². The molecule has 0 unspecified atom stereocenters. The van der Waals surface area contributed by atoms with Crippen molar-refractivity contribution in [3.8, 4) is 11.1 Å². The van der Waals surface area contributed by atoms with Gasteiger partial charge in [-0.1, -0.05) is 24.3 Å². The fourth-order valence-electron chi connectivity index (χ4n) is 4.40. The first kappa shape index (κ1) is 31.1. The number of urea groups is 2. The monoisotopic (exact) mass is 644 g/mol. The molecule has 3 aliphatic heterocycles. The van der Waals surface area contributed by atoms with Crippen molar-refractivity contribution in [1.82, 2.24) is 25.2 Å². The first-order valence-electron chi connectivity index (χ1n) is 12.4. The van der Waals surface area contributed by atoms with Crippen LogP contribution >= 0.6 is 10.7 Å². The van der Waals surface area contributed by atoms with Crippen LogP contribution in [0.3, 0.4) is 0 Å². The Kier molecular flexibility index (Phi) is 9.34. The van der Waals surface area contributed by atoms with E-state index < -0.39 is 60.6 Å². The topological polar surface area (TPSA) is 182 Å². The van der Waals surface area contributed by atoms with Gasteiger partial charge in [0.1, 0.15) is 24.3 Å². The molecule has 3 fully saturated rings. The molecule has 0 aromatic heterocycles. The zero-order chi connectivity index (χ0) is 30.7. The molecule has 0 aliphatic carbocycles. The number of rotatable bonds is 7. The molecule has 3 N–H and O–H groups in total. The Morgan fingerprint density at radius 2 is 1.40 bits per heavy atom. The Bertz CT molecular complexity index is 1580. The summed E-state index contributed by atoms with van der Waals surface area (Å²) in [5.41, 5.74) is 2.86. The maximum absolute atomic E-state index is 13.1. The van der Waals surface area contributed by atoms with Crippen LogP contribution in [0.25, 0.3) is 11.1 Å². The highest BCUT2D eigenvalue weighted by Gasteiger charge is 2.37. The first-order chi connectivity index (χ1) is 19.7. The molecule has 2 aromatic rings. The van der Waals surface area contributed by atoms with Gasteiger partial charge in [0.25, 0.3) is 15.0 Å². The minimum absolute atomic E-state index is 0.259. The number of hydrogen-bond donors (Lipinski definition) is 3. The number of amides is 6. The van der Waals surface area contributed by atoms with Gasteiger partial charge in [-0.25, -0.2) is 30.8 Å². The maximum atomic E-state index is 13.1. The number of nitrogens with one attached hydrogen (secondary N) is 3. The van der Waals surface area contributed by atoms with E-state index in [4.69, 9.17) is 10.7 Å². The third-order valence-electron chi connectivity index (χ3n) is 6.46. The number of imide groups is 2. The Balaban J connectivity index is 0.000000283. The van der Waals surface area contributed by atoms with Gasteiger partial charge in [-0.3, -0.25) is 25.1 Å². The molecule has 3 heterocycles. The van der Waals surface area contributed by atoms with Crippen molar-refractivity contribution in [2.75, 3.05) is 49.3 Å². The second kappa shape index (κ2) is 12.6. The molecule has 18 heteroatoms. The van der Waals surface area contributed by atoms with Crippen molar-refractivity contribution in [3.63, 3.8) is 0 Å². The van der Waals surface area contributed by atoms with Crippen LogP contribution in [0, 0.1) is 5.82 Å². The number of hydrogen-bond acceptors (Lipinski definition) is 9. The van der Waals surface area contributed by atoms with Gasteiger partial charge in [-0.2, -0.15) is 4.31 Å². The number of carbonyl (C=O) groups excluding carboxylic acids is 4. The lowest BCUT2D eigenvalue weighted by Crippen LogP contribution is -2.51. The highest BCUT2D eigenvalue weighted by molar-refractivity contribution is 8.13. The largest absolute Gasteiger partial charge is 0.369 e. The minimum Gasteiger partial charge on any atom is -0.369 e. The van der Waals surface area contributed by atoms with E-state index in [9.17, 15) is 40.4 Å². The fourth-order valence-corrected chi connectivity index (χ4v) is 6.92. The highest BCUT2D eigenvalue weighted by Crippen LogP contribution is 2.24. The Labute approximate surface area is 245 Å². The molecule has 0 radical (unpaired) electrons. The van der Waals surface area contributed by atoms with Crippen LogP contribution < -0.4 is 20.9 Å². The van der Waals surface area contributed by atoms with Crippen molar-refractivity contribution in [1.29, 1.82) is 0 Å². The Morgan fingerprint density at radius 3 is 1.88 bits per heavy atom. The predicted octanol–water partition coefficient (Wildman–Crippen LogP) is 0.217. The summed E-state index contributed by atoms with van der Waals surface area (Å²) in [6.45, 7) is 1.36. The number of anilines is 1. The standard InChI is InChI=1S/C20H21FN4O4S.C4H5ClN2O4S/c21-16-5-1-14(2-6-16)15-3-7-17(8-4-15)24-9-11-25(12-10-24)30(28,29)13-18-19(26)23-20(27)22-18;5-12(10,11)2-7-1-3(8)6-4(7)9/h1-8,18H,9-13H2,(H2,22,23,26,27);1-2H2,(H,6,8,9)/t18-;/m1./s1. The Hall–Kier alpha value is -3.80. The number of piperazine rings is 1. The molecule has 0 saturated carbocycles. The molecule has 2 aromatic carbocycles. The predicted molar refractivity (Wildman–Crippen MR) is 150 cm³/mol. The molecule has 3 aliphatic rings. The van der Waals surface area contributed by atoms with Gasteiger partial charge in [-0.05, 0) is 35.4 Å². The van der Waals surface area contributed by atoms with Gasteiger partial charge in [0.05, 0.1) is 5.75 Å². The van der Waals surface area contributed by atoms with E-state index in [1.54, 1.807) is 12.1 Å². The SMILES string of the molecule is O=C1CN(CS(=O)(=O)Cl)C(=O)N1.O=C1NC(=O)[C@@H](CS(=O)(=O)N2CCN(c3ccc(-c4ccc(F)cc4)cc3)CC2)N1. The van der Waals surface area contributed by atoms with Gasteiger partial charge < -0.3 is 10.2 Å². The zero-order valence-electron chi connectivity index (χ0n) is 21.8. The van der Waals surface area contributed by atoms with E-state index in [2.05, 4.69) is 10.2 Å². The van der Waals surface area contributed by atoms with E-state index in [1.165, 1.54) is 16.4 Å². The van der Waals surface area contributed by atoms with Crippen LogP contribution in [-0.4, -0.2) is 100 Å². The minimum atomic E-state index is -3.78. The molecule has 1 atom stereocenters. The van der Waals surface area contributed by atoms with Crippen LogP contribution in [-0.2, 0) is 28.7 Å². The molecule has 226 valence electrons. The summed E-state index contributed by atoms with van der Waals surface area (Å²) < 4.78 is 60.6. The van der Waals surface area contributed by atoms with Gasteiger partial charge in [0.15, 0.2) is 0 Å². The molecule has 14 nitrogen and oxygen atoms in total. The van der Waals surface area contributed by atoms with E-state index in [0.717, 1.165) is 21.7 Å². The van der Waals surface area contributed by atoms with Crippen molar-refractivity contribution < 1.29 is 40.4 Å². The third-order valence-corrected chi connectivity index (χ3v) is 9.28. The quantitative estimate of drug-likeness (QED) is 0.280. The summed E-state index contributed by atoms with van der Waals surface area (Å²) in [6.07, 6.45) is 0. The lowest BCUT2D eigenvalue weighted by molar-refractivity contribution is -0.120. The van der Waals surface area contributed by atoms with E-state index >= 15 is 0 Å². The zero-order valence-corrected chi connectivity index (χ0v) is 24.2. The summed E-state index contributed by atoms with van der Waals surface area (Å²) in [5.74, 6) is -2.52. The second-order valence-electron chi connectivity index (χ2n) is 9.45. The lowest BCUT2D eigenvalue weighted by atomic mass is 10.1. The van der Waals surface area contributed by atoms with Gasteiger partial charge in [-0.15, -0.1) is 0 Å². The van der Waals surface area contributed by atoms with Gasteiger partial charge >= 0.3 is 12.1 Å². The maximum Gasteiger partial charge on any atom is 0.325 e. The van der Waals surface area contributed by atoms with Crippen molar-refractivity contribution in [2.24, 2.45) is 0 Å². The molecule has 42 heavy (non-hydrogen) atoms. The molecule has 0 spiro atoms. The molecule has 3 saturated heterocycles. The first-order valence-corrected chi connectivity index (χ1v) is 16.5. The van der Waals surface area contributed by atoms with E-state index in [1.807, 2.05) is 34.9 Å². The number of carbonyl (C=O) groups is 4. The van der Waals surface area contributed by atoms with Crippen molar-refractivity contribution in [2.45, 2.75) is 6.04 Å². The molecular formula is C24H26ClFN6O8S2. The number of sulfonamides is 1. The highest BCUT2D eigenvalue weighted by atomic mass is 35.7. The smallest absolute Gasteiger partial charge is 0.325 e. The van der Waals surface area contributed by atoms with Gasteiger partial charge in [0, 0.05) is 42.5 Å². The summed E-state index contributed by atoms with van der Waals surface area (Å²) in [4.78, 5) is 47.0. The normalized spacial score (nSPS) is 19.6. The van der Waals surface area contributed by atoms with Crippen LogP contribution in [0.5, 0.6) is 0 Å². The number of halogens is 2. The third kappa shape index (κ3) is 8.15. The average Bonchev–Trinajstić information content (AvgIpc) is 3.40. The average molecular weight is 645 g/mol. The molecular weight excluding hydrogens is 619 g/mol. The van der Waals surface area contributed by atoms with E-state index in [0.29, 0.717) is 26.2 Å². The summed E-state index contributed by atoms with van der Waals surface area (Å²) in [7, 11) is -2.59. The summed E-state index contributed by atoms with van der Waals surface area (Å²) in [5, 5.41) is 6.27. The molecule has 6 amide bonds. The van der Waals surface area contributed by atoms with Crippen LogP contribution in [0.1, 0.15) is 0 Å². The van der Waals surface area contributed by atoms with Crippen LogP contribution in [0.4, 0.5) is 19.7 Å². The molecule has 5 rings (SSSR count). The number of nitrogens with zero attached hydrogens (tertiary/aromatic N) is 3. The van der Waals surface area contributed by atoms with Crippen molar-refractivity contribution in [3.05, 3.63) is 54.3 Å². The van der Waals surface area contributed by atoms with Crippen molar-refractivity contribution >= 4 is 59.3 Å². The van der Waals surface area contributed by atoms with Crippen LogP contribution in [0.15, 0.2) is 48.5 Å². The molecule has 0 bridgehead atoms.